The molecule has 4 nitrogen and oxygen atoms in total. The Morgan fingerprint density at radius 3 is 2.53 bits per heavy atom. The largest absolute Gasteiger partial charge is 0.496 e. The molecule has 106 valence electrons. The van der Waals surface area contributed by atoms with Crippen molar-refractivity contribution in [3.05, 3.63) is 23.8 Å². The molecule has 0 aliphatic carbocycles. The first-order valence-electron chi connectivity index (χ1n) is 5.58. The van der Waals surface area contributed by atoms with Crippen LogP contribution in [0.1, 0.15) is 17.3 Å². The number of ether oxygens (including phenoxy) is 1. The van der Waals surface area contributed by atoms with E-state index in [0.29, 0.717) is 4.90 Å². The third kappa shape index (κ3) is 4.04. The fraction of sp³-hybridized carbons (Fsp3) is 0.417. The average molecular weight is 276 g/mol. The van der Waals surface area contributed by atoms with Gasteiger partial charge in [-0.1, -0.05) is 0 Å². The first-order valence-corrected chi connectivity index (χ1v) is 5.58. The molecule has 0 aromatic heterocycles. The van der Waals surface area contributed by atoms with Gasteiger partial charge in [-0.3, -0.25) is 4.79 Å². The number of carbonyl (C=O) groups excluding carboxylic acids is 1. The Kier molecular flexibility index (Phi) is 4.63. The zero-order chi connectivity index (χ0) is 14.6. The molecule has 0 aliphatic heterocycles. The van der Waals surface area contributed by atoms with Crippen molar-refractivity contribution in [2.75, 3.05) is 25.9 Å². The highest BCUT2D eigenvalue weighted by Crippen LogP contribution is 2.24. The van der Waals surface area contributed by atoms with E-state index in [-0.39, 0.29) is 23.5 Å². The summed E-state index contributed by atoms with van der Waals surface area (Å²) in [7, 11) is 1.34. The van der Waals surface area contributed by atoms with E-state index in [4.69, 9.17) is 10.5 Å². The number of carbonyl (C=O) groups is 1. The summed E-state index contributed by atoms with van der Waals surface area (Å²) in [4.78, 5) is 12.8. The van der Waals surface area contributed by atoms with Gasteiger partial charge in [0.15, 0.2) is 0 Å². The van der Waals surface area contributed by atoms with Crippen molar-refractivity contribution in [1.29, 1.82) is 0 Å². The second-order valence-corrected chi connectivity index (χ2v) is 3.89. The van der Waals surface area contributed by atoms with E-state index in [0.717, 1.165) is 0 Å². The molecule has 2 N–H and O–H groups in total. The van der Waals surface area contributed by atoms with Gasteiger partial charge in [0.25, 0.3) is 5.91 Å². The molecule has 0 atom stereocenters. The molecule has 0 saturated heterocycles. The number of hydrogen-bond donors (Lipinski definition) is 1. The van der Waals surface area contributed by atoms with Crippen molar-refractivity contribution in [2.45, 2.75) is 13.1 Å². The number of anilines is 1. The van der Waals surface area contributed by atoms with E-state index in [1.165, 1.54) is 32.2 Å². The summed E-state index contributed by atoms with van der Waals surface area (Å²) in [5.74, 6) is -0.566. The minimum absolute atomic E-state index is 0.0219. The number of hydrogen-bond acceptors (Lipinski definition) is 3. The molecular formula is C12H15F3N2O2. The molecule has 0 spiro atoms. The molecule has 0 fully saturated rings. The average Bonchev–Trinajstić information content (AvgIpc) is 2.34. The number of halogens is 3. The Morgan fingerprint density at radius 2 is 2.05 bits per heavy atom. The van der Waals surface area contributed by atoms with Gasteiger partial charge in [-0.05, 0) is 25.1 Å². The lowest BCUT2D eigenvalue weighted by Gasteiger charge is -2.23. The van der Waals surface area contributed by atoms with E-state index in [1.54, 1.807) is 0 Å². The lowest BCUT2D eigenvalue weighted by Crippen LogP contribution is -2.38. The van der Waals surface area contributed by atoms with Crippen molar-refractivity contribution in [3.8, 4) is 5.75 Å². The monoisotopic (exact) mass is 276 g/mol. The lowest BCUT2D eigenvalue weighted by atomic mass is 10.1. The molecule has 0 heterocycles. The Balaban J connectivity index is 3.06. The summed E-state index contributed by atoms with van der Waals surface area (Å²) in [6, 6.07) is 4.26. The number of nitrogens with two attached hydrogens (primary N) is 1. The highest BCUT2D eigenvalue weighted by atomic mass is 19.4. The number of nitrogen functional groups attached to an aromatic ring is 1. The van der Waals surface area contributed by atoms with Crippen LogP contribution in [0.4, 0.5) is 18.9 Å². The predicted octanol–water partition coefficient (Wildman–Crippen LogP) is 2.30. The van der Waals surface area contributed by atoms with Gasteiger partial charge < -0.3 is 15.4 Å². The normalized spacial score (nSPS) is 11.2. The third-order valence-electron chi connectivity index (χ3n) is 2.49. The van der Waals surface area contributed by atoms with Crippen LogP contribution in [0.2, 0.25) is 0 Å². The quantitative estimate of drug-likeness (QED) is 0.858. The summed E-state index contributed by atoms with van der Waals surface area (Å²) >= 11 is 0. The molecule has 0 radical (unpaired) electrons. The van der Waals surface area contributed by atoms with Gasteiger partial charge in [-0.2, -0.15) is 13.2 Å². The minimum atomic E-state index is -4.45. The molecule has 1 aromatic rings. The van der Waals surface area contributed by atoms with Crippen molar-refractivity contribution in [3.63, 3.8) is 0 Å². The van der Waals surface area contributed by atoms with Gasteiger partial charge >= 0.3 is 6.18 Å². The summed E-state index contributed by atoms with van der Waals surface area (Å²) in [6.45, 7) is 0.110. The zero-order valence-electron chi connectivity index (χ0n) is 10.6. The molecule has 1 aromatic carbocycles. The summed E-state index contributed by atoms with van der Waals surface area (Å²) in [5.41, 5.74) is 5.85. The van der Waals surface area contributed by atoms with Gasteiger partial charge in [0.05, 0.1) is 12.7 Å². The van der Waals surface area contributed by atoms with Crippen molar-refractivity contribution in [1.82, 2.24) is 4.90 Å². The maximum absolute atomic E-state index is 12.4. The van der Waals surface area contributed by atoms with Crippen LogP contribution in [-0.2, 0) is 0 Å². The summed E-state index contributed by atoms with van der Waals surface area (Å²) in [6.07, 6.45) is -4.45. The van der Waals surface area contributed by atoms with Crippen LogP contribution in [0.15, 0.2) is 18.2 Å². The van der Waals surface area contributed by atoms with Gasteiger partial charge in [-0.25, -0.2) is 0 Å². The standard InChI is InChI=1S/C12H15F3N2O2/c1-3-17(7-12(13,14)15)11(18)9-6-8(16)4-5-10(9)19-2/h4-6H,3,7,16H2,1-2H3. The van der Waals surface area contributed by atoms with Crippen molar-refractivity contribution >= 4 is 11.6 Å². The summed E-state index contributed by atoms with van der Waals surface area (Å²) < 4.78 is 42.1. The van der Waals surface area contributed by atoms with Crippen LogP contribution in [0.5, 0.6) is 5.75 Å². The molecule has 0 bridgehead atoms. The van der Waals surface area contributed by atoms with E-state index < -0.39 is 18.6 Å². The molecular weight excluding hydrogens is 261 g/mol. The molecule has 0 unspecified atom stereocenters. The van der Waals surface area contributed by atoms with E-state index in [2.05, 4.69) is 0 Å². The first kappa shape index (κ1) is 15.1. The van der Waals surface area contributed by atoms with Crippen LogP contribution in [-0.4, -0.2) is 37.2 Å². The molecule has 19 heavy (non-hydrogen) atoms. The number of benzene rings is 1. The first-order chi connectivity index (χ1) is 8.78. The van der Waals surface area contributed by atoms with Crippen LogP contribution in [0.25, 0.3) is 0 Å². The van der Waals surface area contributed by atoms with Crippen LogP contribution < -0.4 is 10.5 Å². The number of rotatable bonds is 4. The fourth-order valence-corrected chi connectivity index (χ4v) is 1.61. The Bertz CT molecular complexity index is 461. The minimum Gasteiger partial charge on any atom is -0.496 e. The van der Waals surface area contributed by atoms with Gasteiger partial charge in [0.1, 0.15) is 12.3 Å². The maximum Gasteiger partial charge on any atom is 0.406 e. The molecule has 7 heteroatoms. The number of alkyl halides is 3. The number of methoxy groups -OCH3 is 1. The van der Waals surface area contributed by atoms with Crippen LogP contribution in [0.3, 0.4) is 0 Å². The van der Waals surface area contributed by atoms with Crippen LogP contribution >= 0.6 is 0 Å². The molecule has 1 amide bonds. The Labute approximate surface area is 108 Å². The van der Waals surface area contributed by atoms with E-state index in [9.17, 15) is 18.0 Å². The predicted molar refractivity (Wildman–Crippen MR) is 65.0 cm³/mol. The highest BCUT2D eigenvalue weighted by Gasteiger charge is 2.33. The molecule has 0 aliphatic rings. The maximum atomic E-state index is 12.4. The van der Waals surface area contributed by atoms with Gasteiger partial charge in [-0.15, -0.1) is 0 Å². The second kappa shape index (κ2) is 5.81. The zero-order valence-corrected chi connectivity index (χ0v) is 10.6. The Hall–Kier alpha value is -1.92. The smallest absolute Gasteiger partial charge is 0.406 e. The van der Waals surface area contributed by atoms with E-state index >= 15 is 0 Å². The van der Waals surface area contributed by atoms with Crippen molar-refractivity contribution < 1.29 is 22.7 Å². The number of amides is 1. The Morgan fingerprint density at radius 1 is 1.42 bits per heavy atom. The molecule has 0 saturated carbocycles. The highest BCUT2D eigenvalue weighted by molar-refractivity contribution is 5.97. The molecule has 1 rings (SSSR count). The van der Waals surface area contributed by atoms with Crippen molar-refractivity contribution in [2.24, 2.45) is 0 Å². The van der Waals surface area contributed by atoms with Crippen LogP contribution in [0, 0.1) is 0 Å². The topological polar surface area (TPSA) is 55.6 Å². The van der Waals surface area contributed by atoms with E-state index in [1.807, 2.05) is 0 Å². The summed E-state index contributed by atoms with van der Waals surface area (Å²) in [5, 5.41) is 0. The third-order valence-corrected chi connectivity index (χ3v) is 2.49. The van der Waals surface area contributed by atoms with Gasteiger partial charge in [0.2, 0.25) is 0 Å². The number of nitrogens with zero attached hydrogens (tertiary/aromatic N) is 1. The fourth-order valence-electron chi connectivity index (χ4n) is 1.61. The lowest BCUT2D eigenvalue weighted by molar-refractivity contribution is -0.140. The second-order valence-electron chi connectivity index (χ2n) is 3.89. The SMILES string of the molecule is CCN(CC(F)(F)F)C(=O)c1cc(N)ccc1OC. The van der Waals surface area contributed by atoms with Gasteiger partial charge in [0, 0.05) is 12.2 Å².